The predicted molar refractivity (Wildman–Crippen MR) is 77.0 cm³/mol. The van der Waals surface area contributed by atoms with Crippen LogP contribution in [0.15, 0.2) is 41.4 Å². The van der Waals surface area contributed by atoms with E-state index in [1.54, 1.807) is 6.08 Å². The summed E-state index contributed by atoms with van der Waals surface area (Å²) in [5.41, 5.74) is 2.13. The summed E-state index contributed by atoms with van der Waals surface area (Å²) in [5, 5.41) is 13.0. The van der Waals surface area contributed by atoms with Gasteiger partial charge in [0.2, 0.25) is 11.7 Å². The number of hydrogen-bond acceptors (Lipinski definition) is 5. The Morgan fingerprint density at radius 1 is 1.35 bits per heavy atom. The van der Waals surface area contributed by atoms with Crippen LogP contribution in [0.4, 0.5) is 0 Å². The Hall–Kier alpha value is -1.98. The smallest absolute Gasteiger partial charge is 0.241 e. The summed E-state index contributed by atoms with van der Waals surface area (Å²) < 4.78 is 5.25. The van der Waals surface area contributed by atoms with Gasteiger partial charge in [-0.25, -0.2) is 0 Å². The van der Waals surface area contributed by atoms with Crippen molar-refractivity contribution in [1.82, 2.24) is 15.0 Å². The first-order valence-electron chi connectivity index (χ1n) is 6.56. The van der Waals surface area contributed by atoms with Crippen molar-refractivity contribution in [1.29, 1.82) is 0 Å². The molecule has 2 rings (SSSR count). The van der Waals surface area contributed by atoms with E-state index in [-0.39, 0.29) is 6.61 Å². The van der Waals surface area contributed by atoms with Crippen LogP contribution in [-0.2, 0) is 6.54 Å². The van der Waals surface area contributed by atoms with Gasteiger partial charge in [0.05, 0.1) is 13.2 Å². The van der Waals surface area contributed by atoms with Crippen LogP contribution >= 0.6 is 0 Å². The van der Waals surface area contributed by atoms with Crippen LogP contribution in [0.2, 0.25) is 0 Å². The van der Waals surface area contributed by atoms with Crippen molar-refractivity contribution in [2.75, 3.05) is 19.7 Å². The van der Waals surface area contributed by atoms with Gasteiger partial charge in [-0.3, -0.25) is 4.90 Å². The standard InChI is InChI=1S/C15H19N3O2/c1-3-8-18(9-10-19)11-14-16-15(17-20-14)13-6-4-12(2)5-7-13/h3-7,19H,1,8-11H2,2H3. The molecule has 0 bridgehead atoms. The third-order valence-corrected chi connectivity index (χ3v) is 2.94. The largest absolute Gasteiger partial charge is 0.395 e. The number of aliphatic hydroxyl groups is 1. The van der Waals surface area contributed by atoms with E-state index in [0.717, 1.165) is 5.56 Å². The molecule has 0 unspecified atom stereocenters. The van der Waals surface area contributed by atoms with Crippen LogP contribution in [0.1, 0.15) is 11.5 Å². The minimum Gasteiger partial charge on any atom is -0.395 e. The van der Waals surface area contributed by atoms with E-state index in [1.807, 2.05) is 36.1 Å². The third kappa shape index (κ3) is 3.76. The SMILES string of the molecule is C=CCN(CCO)Cc1nc(-c2ccc(C)cc2)no1. The quantitative estimate of drug-likeness (QED) is 0.782. The summed E-state index contributed by atoms with van der Waals surface area (Å²) in [7, 11) is 0. The van der Waals surface area contributed by atoms with Crippen molar-refractivity contribution < 1.29 is 9.63 Å². The van der Waals surface area contributed by atoms with Crippen molar-refractivity contribution in [3.05, 3.63) is 48.4 Å². The molecule has 0 spiro atoms. The molecule has 1 aromatic heterocycles. The van der Waals surface area contributed by atoms with E-state index in [0.29, 0.717) is 31.3 Å². The summed E-state index contributed by atoms with van der Waals surface area (Å²) in [4.78, 5) is 6.36. The van der Waals surface area contributed by atoms with Gasteiger partial charge in [0.25, 0.3) is 0 Å². The summed E-state index contributed by atoms with van der Waals surface area (Å²) >= 11 is 0. The third-order valence-electron chi connectivity index (χ3n) is 2.94. The molecule has 20 heavy (non-hydrogen) atoms. The van der Waals surface area contributed by atoms with E-state index >= 15 is 0 Å². The minimum absolute atomic E-state index is 0.0901. The van der Waals surface area contributed by atoms with Crippen molar-refractivity contribution in [2.45, 2.75) is 13.5 Å². The lowest BCUT2D eigenvalue weighted by Gasteiger charge is -2.16. The van der Waals surface area contributed by atoms with Gasteiger partial charge in [0.1, 0.15) is 0 Å². The van der Waals surface area contributed by atoms with E-state index in [9.17, 15) is 0 Å². The number of aliphatic hydroxyl groups excluding tert-OH is 1. The van der Waals surface area contributed by atoms with E-state index in [4.69, 9.17) is 9.63 Å². The number of aromatic nitrogens is 2. The fourth-order valence-electron chi connectivity index (χ4n) is 1.89. The Labute approximate surface area is 118 Å². The normalized spacial score (nSPS) is 10.9. The average Bonchev–Trinajstić information content (AvgIpc) is 2.89. The Bertz CT molecular complexity index is 549. The summed E-state index contributed by atoms with van der Waals surface area (Å²) in [5.74, 6) is 1.12. The van der Waals surface area contributed by atoms with E-state index in [1.165, 1.54) is 5.56 Å². The molecule has 106 valence electrons. The second kappa shape index (κ2) is 6.98. The number of aryl methyl sites for hydroxylation is 1. The maximum absolute atomic E-state index is 9.01. The molecule has 1 N–H and O–H groups in total. The molecule has 0 aliphatic rings. The van der Waals surface area contributed by atoms with Gasteiger partial charge in [0.15, 0.2) is 0 Å². The second-order valence-electron chi connectivity index (χ2n) is 4.63. The Morgan fingerprint density at radius 3 is 2.75 bits per heavy atom. The molecule has 1 aromatic carbocycles. The highest BCUT2D eigenvalue weighted by Gasteiger charge is 2.12. The number of benzene rings is 1. The van der Waals surface area contributed by atoms with Gasteiger partial charge in [-0.1, -0.05) is 41.1 Å². The second-order valence-corrected chi connectivity index (χ2v) is 4.63. The highest BCUT2D eigenvalue weighted by molar-refractivity contribution is 5.54. The van der Waals surface area contributed by atoms with Gasteiger partial charge in [-0.15, -0.1) is 6.58 Å². The number of nitrogens with zero attached hydrogens (tertiary/aromatic N) is 3. The van der Waals surface area contributed by atoms with Crippen molar-refractivity contribution in [2.24, 2.45) is 0 Å². The Balaban J connectivity index is 2.08. The topological polar surface area (TPSA) is 62.4 Å². The Kier molecular flexibility index (Phi) is 5.03. The van der Waals surface area contributed by atoms with Gasteiger partial charge >= 0.3 is 0 Å². The van der Waals surface area contributed by atoms with Crippen molar-refractivity contribution in [3.8, 4) is 11.4 Å². The van der Waals surface area contributed by atoms with Crippen LogP contribution in [0.5, 0.6) is 0 Å². The zero-order chi connectivity index (χ0) is 14.4. The highest BCUT2D eigenvalue weighted by Crippen LogP contribution is 2.16. The first-order chi connectivity index (χ1) is 9.72. The van der Waals surface area contributed by atoms with Crippen LogP contribution in [-0.4, -0.2) is 39.8 Å². The molecule has 0 saturated heterocycles. The summed E-state index contributed by atoms with van der Waals surface area (Å²) in [6, 6.07) is 7.97. The van der Waals surface area contributed by atoms with E-state index < -0.39 is 0 Å². The monoisotopic (exact) mass is 273 g/mol. The maximum Gasteiger partial charge on any atom is 0.241 e. The first-order valence-corrected chi connectivity index (χ1v) is 6.56. The molecule has 5 heteroatoms. The van der Waals surface area contributed by atoms with Crippen molar-refractivity contribution >= 4 is 0 Å². The first kappa shape index (κ1) is 14.4. The fraction of sp³-hybridized carbons (Fsp3) is 0.333. The van der Waals surface area contributed by atoms with E-state index in [2.05, 4.69) is 16.7 Å². The molecule has 1 heterocycles. The predicted octanol–water partition coefficient (Wildman–Crippen LogP) is 2.03. The van der Waals surface area contributed by atoms with Gasteiger partial charge in [-0.05, 0) is 6.92 Å². The van der Waals surface area contributed by atoms with Crippen molar-refractivity contribution in [3.63, 3.8) is 0 Å². The Morgan fingerprint density at radius 2 is 2.10 bits per heavy atom. The molecular formula is C15H19N3O2. The average molecular weight is 273 g/mol. The van der Waals surface area contributed by atoms with Crippen LogP contribution in [0.3, 0.4) is 0 Å². The van der Waals surface area contributed by atoms with Crippen LogP contribution in [0.25, 0.3) is 11.4 Å². The van der Waals surface area contributed by atoms with Gasteiger partial charge in [0, 0.05) is 18.7 Å². The van der Waals surface area contributed by atoms with Crippen LogP contribution in [0, 0.1) is 6.92 Å². The molecule has 0 fully saturated rings. The lowest BCUT2D eigenvalue weighted by molar-refractivity contribution is 0.186. The molecule has 0 saturated carbocycles. The molecule has 0 radical (unpaired) electrons. The highest BCUT2D eigenvalue weighted by atomic mass is 16.5. The lowest BCUT2D eigenvalue weighted by Crippen LogP contribution is -2.26. The molecule has 5 nitrogen and oxygen atoms in total. The maximum atomic E-state index is 9.01. The molecule has 0 amide bonds. The zero-order valence-corrected chi connectivity index (χ0v) is 11.6. The molecule has 0 atom stereocenters. The van der Waals surface area contributed by atoms with Crippen LogP contribution < -0.4 is 0 Å². The number of hydrogen-bond donors (Lipinski definition) is 1. The van der Waals surface area contributed by atoms with Gasteiger partial charge in [-0.2, -0.15) is 4.98 Å². The molecule has 0 aliphatic carbocycles. The summed E-state index contributed by atoms with van der Waals surface area (Å²) in [6.07, 6.45) is 1.78. The lowest BCUT2D eigenvalue weighted by atomic mass is 10.1. The number of rotatable bonds is 7. The zero-order valence-electron chi connectivity index (χ0n) is 11.6. The molecule has 2 aromatic rings. The molecular weight excluding hydrogens is 254 g/mol. The molecule has 0 aliphatic heterocycles. The fourth-order valence-corrected chi connectivity index (χ4v) is 1.89. The van der Waals surface area contributed by atoms with Gasteiger partial charge < -0.3 is 9.63 Å². The summed E-state index contributed by atoms with van der Waals surface area (Å²) in [6.45, 7) is 7.55. The minimum atomic E-state index is 0.0901.